The van der Waals surface area contributed by atoms with Crippen LogP contribution in [0.15, 0.2) is 47.6 Å². The van der Waals surface area contributed by atoms with E-state index in [1.165, 1.54) is 12.3 Å². The van der Waals surface area contributed by atoms with E-state index in [4.69, 9.17) is 11.6 Å². The maximum absolute atomic E-state index is 11.9. The van der Waals surface area contributed by atoms with E-state index in [1.54, 1.807) is 24.3 Å². The van der Waals surface area contributed by atoms with Crippen LogP contribution in [0, 0.1) is 3.57 Å². The third kappa shape index (κ3) is 3.71. The Bertz CT molecular complexity index is 674. The van der Waals surface area contributed by atoms with Crippen LogP contribution in [0.2, 0.25) is 5.02 Å². The summed E-state index contributed by atoms with van der Waals surface area (Å²) in [5, 5.41) is 14.0. The lowest BCUT2D eigenvalue weighted by atomic mass is 10.2. The first kappa shape index (κ1) is 14.8. The second-order valence-electron chi connectivity index (χ2n) is 3.88. The maximum Gasteiger partial charge on any atom is 0.275 e. The Morgan fingerprint density at radius 3 is 2.80 bits per heavy atom. The Balaban J connectivity index is 2.09. The van der Waals surface area contributed by atoms with Gasteiger partial charge < -0.3 is 5.11 Å². The second kappa shape index (κ2) is 6.71. The van der Waals surface area contributed by atoms with Gasteiger partial charge in [-0.05, 0) is 46.9 Å². The molecular formula is C14H10ClIN2O2. The predicted octanol–water partition coefficient (Wildman–Crippen LogP) is 3.41. The van der Waals surface area contributed by atoms with Gasteiger partial charge in [-0.1, -0.05) is 29.8 Å². The monoisotopic (exact) mass is 400 g/mol. The first-order valence-corrected chi connectivity index (χ1v) is 7.10. The Labute approximate surface area is 134 Å². The Morgan fingerprint density at radius 1 is 1.30 bits per heavy atom. The van der Waals surface area contributed by atoms with Crippen molar-refractivity contribution >= 4 is 46.3 Å². The molecule has 2 aromatic rings. The van der Waals surface area contributed by atoms with Gasteiger partial charge in [0.15, 0.2) is 0 Å². The zero-order chi connectivity index (χ0) is 14.5. The highest BCUT2D eigenvalue weighted by Crippen LogP contribution is 2.19. The topological polar surface area (TPSA) is 61.7 Å². The van der Waals surface area contributed by atoms with E-state index in [0.29, 0.717) is 10.6 Å². The zero-order valence-electron chi connectivity index (χ0n) is 10.2. The molecule has 0 atom stereocenters. The van der Waals surface area contributed by atoms with Crippen molar-refractivity contribution in [3.05, 3.63) is 62.2 Å². The predicted molar refractivity (Wildman–Crippen MR) is 87.3 cm³/mol. The summed E-state index contributed by atoms with van der Waals surface area (Å²) in [6, 6.07) is 11.9. The molecule has 2 aromatic carbocycles. The summed E-state index contributed by atoms with van der Waals surface area (Å²) in [6.07, 6.45) is 1.45. The van der Waals surface area contributed by atoms with Gasteiger partial charge in [-0.3, -0.25) is 4.79 Å². The molecule has 20 heavy (non-hydrogen) atoms. The van der Waals surface area contributed by atoms with Crippen LogP contribution in [0.4, 0.5) is 0 Å². The fraction of sp³-hybridized carbons (Fsp3) is 0. The molecule has 0 aliphatic heterocycles. The Hall–Kier alpha value is -1.60. The summed E-state index contributed by atoms with van der Waals surface area (Å²) in [7, 11) is 0. The molecule has 0 aliphatic rings. The van der Waals surface area contributed by atoms with E-state index in [9.17, 15) is 9.90 Å². The number of rotatable bonds is 3. The van der Waals surface area contributed by atoms with Gasteiger partial charge in [-0.2, -0.15) is 5.10 Å². The van der Waals surface area contributed by atoms with Crippen molar-refractivity contribution in [2.45, 2.75) is 0 Å². The zero-order valence-corrected chi connectivity index (χ0v) is 13.1. The third-order valence-corrected chi connectivity index (χ3v) is 3.49. The van der Waals surface area contributed by atoms with Crippen molar-refractivity contribution in [1.82, 2.24) is 5.43 Å². The van der Waals surface area contributed by atoms with Crippen LogP contribution >= 0.6 is 34.2 Å². The fourth-order valence-electron chi connectivity index (χ4n) is 1.49. The number of benzene rings is 2. The number of hydrogen-bond donors (Lipinski definition) is 2. The number of halogens is 2. The standard InChI is InChI=1S/C14H10ClIN2O2/c15-12-4-2-1-3-9(12)8-17-18-14(20)11-7-10(16)5-6-13(11)19/h1-8,19H,(H,18,20)/b17-8-. The van der Waals surface area contributed by atoms with Gasteiger partial charge in [0.05, 0.1) is 11.8 Å². The number of aromatic hydroxyl groups is 1. The molecular weight excluding hydrogens is 391 g/mol. The molecule has 0 unspecified atom stereocenters. The summed E-state index contributed by atoms with van der Waals surface area (Å²) in [4.78, 5) is 11.9. The summed E-state index contributed by atoms with van der Waals surface area (Å²) in [6.45, 7) is 0. The molecule has 0 fully saturated rings. The molecule has 0 saturated heterocycles. The number of nitrogens with one attached hydrogen (secondary N) is 1. The van der Waals surface area contributed by atoms with Crippen molar-refractivity contribution in [2.75, 3.05) is 0 Å². The minimum Gasteiger partial charge on any atom is -0.507 e. The van der Waals surface area contributed by atoms with Gasteiger partial charge in [-0.15, -0.1) is 0 Å². The second-order valence-corrected chi connectivity index (χ2v) is 5.53. The van der Waals surface area contributed by atoms with Crippen LogP contribution in [-0.4, -0.2) is 17.2 Å². The molecule has 0 spiro atoms. The average Bonchev–Trinajstić information content (AvgIpc) is 2.43. The van der Waals surface area contributed by atoms with E-state index in [1.807, 2.05) is 12.1 Å². The highest BCUT2D eigenvalue weighted by Gasteiger charge is 2.10. The lowest BCUT2D eigenvalue weighted by Crippen LogP contribution is -2.17. The molecule has 6 heteroatoms. The number of carbonyl (C=O) groups is 1. The van der Waals surface area contributed by atoms with Crippen LogP contribution < -0.4 is 5.43 Å². The lowest BCUT2D eigenvalue weighted by Gasteiger charge is -2.03. The molecule has 0 bridgehead atoms. The van der Waals surface area contributed by atoms with E-state index < -0.39 is 5.91 Å². The van der Waals surface area contributed by atoms with Gasteiger partial charge in [0.1, 0.15) is 5.75 Å². The van der Waals surface area contributed by atoms with Crippen LogP contribution in [0.3, 0.4) is 0 Å². The molecule has 102 valence electrons. The van der Waals surface area contributed by atoms with Gasteiger partial charge in [0, 0.05) is 14.2 Å². The SMILES string of the molecule is O=C(N/N=C\c1ccccc1Cl)c1cc(I)ccc1O. The van der Waals surface area contributed by atoms with Crippen molar-refractivity contribution in [3.63, 3.8) is 0 Å². The highest BCUT2D eigenvalue weighted by atomic mass is 127. The summed E-state index contributed by atoms with van der Waals surface area (Å²) < 4.78 is 0.848. The molecule has 2 rings (SSSR count). The van der Waals surface area contributed by atoms with Gasteiger partial charge in [0.2, 0.25) is 0 Å². The molecule has 1 amide bonds. The molecule has 2 N–H and O–H groups in total. The number of amides is 1. The fourth-order valence-corrected chi connectivity index (χ4v) is 2.17. The van der Waals surface area contributed by atoms with Crippen molar-refractivity contribution in [2.24, 2.45) is 5.10 Å². The molecule has 4 nitrogen and oxygen atoms in total. The number of phenols is 1. The first-order valence-electron chi connectivity index (χ1n) is 5.64. The van der Waals surface area contributed by atoms with Crippen molar-refractivity contribution < 1.29 is 9.90 Å². The molecule has 0 radical (unpaired) electrons. The van der Waals surface area contributed by atoms with Crippen molar-refractivity contribution in [1.29, 1.82) is 0 Å². The van der Waals surface area contributed by atoms with Crippen molar-refractivity contribution in [3.8, 4) is 5.75 Å². The normalized spacial score (nSPS) is 10.7. The molecule has 0 aliphatic carbocycles. The lowest BCUT2D eigenvalue weighted by molar-refractivity contribution is 0.0952. The van der Waals surface area contributed by atoms with Crippen LogP contribution in [-0.2, 0) is 0 Å². The molecule has 0 heterocycles. The Morgan fingerprint density at radius 2 is 2.05 bits per heavy atom. The minimum atomic E-state index is -0.482. The Kier molecular flexibility index (Phi) is 4.97. The van der Waals surface area contributed by atoms with Gasteiger partial charge in [-0.25, -0.2) is 5.43 Å². The van der Waals surface area contributed by atoms with E-state index in [2.05, 4.69) is 33.1 Å². The van der Waals surface area contributed by atoms with Gasteiger partial charge in [0.25, 0.3) is 5.91 Å². The third-order valence-electron chi connectivity index (χ3n) is 2.48. The van der Waals surface area contributed by atoms with E-state index in [0.717, 1.165) is 3.57 Å². The highest BCUT2D eigenvalue weighted by molar-refractivity contribution is 14.1. The largest absolute Gasteiger partial charge is 0.507 e. The average molecular weight is 401 g/mol. The van der Waals surface area contributed by atoms with Gasteiger partial charge >= 0.3 is 0 Å². The minimum absolute atomic E-state index is 0.0872. The van der Waals surface area contributed by atoms with Crippen LogP contribution in [0.1, 0.15) is 15.9 Å². The summed E-state index contributed by atoms with van der Waals surface area (Å²) in [5.41, 5.74) is 3.22. The van der Waals surface area contributed by atoms with E-state index >= 15 is 0 Å². The summed E-state index contributed by atoms with van der Waals surface area (Å²) >= 11 is 8.02. The number of phenolic OH excluding ortho intramolecular Hbond substituents is 1. The van der Waals surface area contributed by atoms with Crippen LogP contribution in [0.25, 0.3) is 0 Å². The van der Waals surface area contributed by atoms with E-state index in [-0.39, 0.29) is 11.3 Å². The smallest absolute Gasteiger partial charge is 0.275 e. The number of hydrazone groups is 1. The number of hydrogen-bond acceptors (Lipinski definition) is 3. The molecule has 0 aromatic heterocycles. The quantitative estimate of drug-likeness (QED) is 0.471. The first-order chi connectivity index (χ1) is 9.58. The number of carbonyl (C=O) groups excluding carboxylic acids is 1. The van der Waals surface area contributed by atoms with Crippen LogP contribution in [0.5, 0.6) is 5.75 Å². The molecule has 0 saturated carbocycles. The summed E-state index contributed by atoms with van der Waals surface area (Å²) in [5.74, 6) is -0.569. The maximum atomic E-state index is 11.9. The number of nitrogens with zero attached hydrogens (tertiary/aromatic N) is 1.